The first-order chi connectivity index (χ1) is 11.3. The van der Waals surface area contributed by atoms with E-state index in [9.17, 15) is 9.59 Å². The van der Waals surface area contributed by atoms with Gasteiger partial charge in [-0.05, 0) is 30.5 Å². The molecule has 24 heavy (non-hydrogen) atoms. The lowest BCUT2D eigenvalue weighted by Gasteiger charge is -2.19. The molecule has 0 aliphatic heterocycles. The van der Waals surface area contributed by atoms with E-state index in [0.717, 1.165) is 17.7 Å². The molecule has 0 saturated heterocycles. The van der Waals surface area contributed by atoms with Gasteiger partial charge in [0.2, 0.25) is 11.8 Å². The molecule has 1 rings (SSSR count). The molecule has 0 aromatic heterocycles. The lowest BCUT2D eigenvalue weighted by molar-refractivity contribution is -0.128. The third-order valence-corrected chi connectivity index (χ3v) is 3.81. The molecule has 0 heterocycles. The topological polar surface area (TPSA) is 67.4 Å². The van der Waals surface area contributed by atoms with Gasteiger partial charge in [0, 0.05) is 18.4 Å². The maximum Gasteiger partial charge on any atom is 0.225 e. The minimum Gasteiger partial charge on any atom is -0.497 e. The Bertz CT molecular complexity index is 533. The zero-order valence-corrected chi connectivity index (χ0v) is 15.4. The number of carbonyl (C=O) groups excluding carboxylic acids is 2. The summed E-state index contributed by atoms with van der Waals surface area (Å²) in [5, 5.41) is 5.90. The van der Waals surface area contributed by atoms with Crippen LogP contribution >= 0.6 is 0 Å². The number of methoxy groups -OCH3 is 1. The highest BCUT2D eigenvalue weighted by Gasteiger charge is 2.20. The first kappa shape index (κ1) is 20.0. The van der Waals surface area contributed by atoms with Crippen molar-refractivity contribution in [3.63, 3.8) is 0 Å². The van der Waals surface area contributed by atoms with Gasteiger partial charge in [-0.15, -0.1) is 0 Å². The number of amides is 2. The molecule has 5 nitrogen and oxygen atoms in total. The molecule has 5 heteroatoms. The van der Waals surface area contributed by atoms with E-state index in [4.69, 9.17) is 4.74 Å². The first-order valence-electron chi connectivity index (χ1n) is 8.49. The summed E-state index contributed by atoms with van der Waals surface area (Å²) in [5.74, 6) is 0.810. The molecule has 0 spiro atoms. The van der Waals surface area contributed by atoms with Gasteiger partial charge in [0.25, 0.3) is 0 Å². The van der Waals surface area contributed by atoms with E-state index in [1.807, 2.05) is 52.0 Å². The maximum absolute atomic E-state index is 12.1. The molecular weight excluding hydrogens is 304 g/mol. The number of hydrogen-bond donors (Lipinski definition) is 2. The highest BCUT2D eigenvalue weighted by atomic mass is 16.5. The smallest absolute Gasteiger partial charge is 0.225 e. The van der Waals surface area contributed by atoms with Crippen LogP contribution in [0.25, 0.3) is 0 Å². The van der Waals surface area contributed by atoms with Crippen LogP contribution in [0.5, 0.6) is 5.75 Å². The molecule has 0 radical (unpaired) electrons. The minimum absolute atomic E-state index is 0.00248. The Hall–Kier alpha value is -2.04. The van der Waals surface area contributed by atoms with Crippen LogP contribution in [0, 0.1) is 5.41 Å². The second-order valence-electron chi connectivity index (χ2n) is 6.91. The summed E-state index contributed by atoms with van der Waals surface area (Å²) in [6, 6.07) is 7.72. The van der Waals surface area contributed by atoms with Gasteiger partial charge in [0.05, 0.1) is 13.2 Å². The quantitative estimate of drug-likeness (QED) is 0.717. The van der Waals surface area contributed by atoms with Crippen molar-refractivity contribution in [3.05, 3.63) is 29.8 Å². The van der Waals surface area contributed by atoms with Gasteiger partial charge in [-0.1, -0.05) is 39.8 Å². The van der Waals surface area contributed by atoms with E-state index in [-0.39, 0.29) is 17.9 Å². The summed E-state index contributed by atoms with van der Waals surface area (Å²) in [4.78, 5) is 23.9. The minimum atomic E-state index is -0.399. The SMILES string of the molecule is CC[C@@H](NC(=O)CCCNC(=O)C(C)(C)C)c1ccc(OC)cc1. The molecule has 0 unspecified atom stereocenters. The number of carbonyl (C=O) groups is 2. The predicted molar refractivity (Wildman–Crippen MR) is 95.9 cm³/mol. The van der Waals surface area contributed by atoms with Crippen molar-refractivity contribution in [2.24, 2.45) is 5.41 Å². The average molecular weight is 334 g/mol. The van der Waals surface area contributed by atoms with Gasteiger partial charge in [0.15, 0.2) is 0 Å². The molecule has 0 bridgehead atoms. The molecule has 2 N–H and O–H groups in total. The number of ether oxygens (including phenoxy) is 1. The van der Waals surface area contributed by atoms with Crippen LogP contribution in [-0.2, 0) is 9.59 Å². The summed E-state index contributed by atoms with van der Waals surface area (Å²) in [5.41, 5.74) is 0.664. The summed E-state index contributed by atoms with van der Waals surface area (Å²) < 4.78 is 5.15. The fraction of sp³-hybridized carbons (Fsp3) is 0.579. The summed E-state index contributed by atoms with van der Waals surface area (Å²) >= 11 is 0. The third-order valence-electron chi connectivity index (χ3n) is 3.81. The van der Waals surface area contributed by atoms with Crippen molar-refractivity contribution in [1.29, 1.82) is 0 Å². The molecule has 1 atom stereocenters. The van der Waals surface area contributed by atoms with Gasteiger partial charge in [-0.25, -0.2) is 0 Å². The van der Waals surface area contributed by atoms with Gasteiger partial charge in [-0.2, -0.15) is 0 Å². The normalized spacial score (nSPS) is 12.4. The Kier molecular flexibility index (Phi) is 7.75. The molecule has 134 valence electrons. The number of nitrogens with one attached hydrogen (secondary N) is 2. The van der Waals surface area contributed by atoms with Gasteiger partial charge < -0.3 is 15.4 Å². The van der Waals surface area contributed by atoms with Crippen LogP contribution < -0.4 is 15.4 Å². The Morgan fingerprint density at radius 3 is 2.29 bits per heavy atom. The predicted octanol–water partition coefficient (Wildman–Crippen LogP) is 3.21. The van der Waals surface area contributed by atoms with Crippen molar-refractivity contribution in [1.82, 2.24) is 10.6 Å². The second kappa shape index (κ2) is 9.30. The fourth-order valence-electron chi connectivity index (χ4n) is 2.24. The zero-order chi connectivity index (χ0) is 18.2. The van der Waals surface area contributed by atoms with Crippen LogP contribution in [0.15, 0.2) is 24.3 Å². The van der Waals surface area contributed by atoms with Gasteiger partial charge in [0.1, 0.15) is 5.75 Å². The van der Waals surface area contributed by atoms with Crippen molar-refractivity contribution in [3.8, 4) is 5.75 Å². The molecule has 0 aliphatic carbocycles. The number of benzene rings is 1. The molecule has 1 aromatic rings. The largest absolute Gasteiger partial charge is 0.497 e. The molecule has 2 amide bonds. The Balaban J connectivity index is 2.40. The van der Waals surface area contributed by atoms with Crippen molar-refractivity contribution >= 4 is 11.8 Å². The maximum atomic E-state index is 12.1. The molecule has 1 aromatic carbocycles. The second-order valence-corrected chi connectivity index (χ2v) is 6.91. The highest BCUT2D eigenvalue weighted by molar-refractivity contribution is 5.81. The molecule has 0 saturated carbocycles. The van der Waals surface area contributed by atoms with Gasteiger partial charge >= 0.3 is 0 Å². The summed E-state index contributed by atoms with van der Waals surface area (Å²) in [6.45, 7) is 8.17. The van der Waals surface area contributed by atoms with E-state index >= 15 is 0 Å². The van der Waals surface area contributed by atoms with Crippen molar-refractivity contribution < 1.29 is 14.3 Å². The van der Waals surface area contributed by atoms with E-state index < -0.39 is 5.41 Å². The van der Waals surface area contributed by atoms with E-state index in [1.165, 1.54) is 0 Å². The lowest BCUT2D eigenvalue weighted by Crippen LogP contribution is -2.36. The standard InChI is InChI=1S/C19H30N2O3/c1-6-16(14-9-11-15(24-5)12-10-14)21-17(22)8-7-13-20-18(23)19(2,3)4/h9-12,16H,6-8,13H2,1-5H3,(H,20,23)(H,21,22)/t16-/m1/s1. The Morgan fingerprint density at radius 2 is 1.79 bits per heavy atom. The van der Waals surface area contributed by atoms with Crippen molar-refractivity contribution in [2.45, 2.75) is 53.0 Å². The van der Waals surface area contributed by atoms with E-state index in [2.05, 4.69) is 10.6 Å². The Labute approximate surface area is 145 Å². The molecule has 0 fully saturated rings. The van der Waals surface area contributed by atoms with E-state index in [1.54, 1.807) is 7.11 Å². The fourth-order valence-corrected chi connectivity index (χ4v) is 2.24. The van der Waals surface area contributed by atoms with Crippen LogP contribution in [0.4, 0.5) is 0 Å². The number of rotatable bonds is 8. The van der Waals surface area contributed by atoms with Gasteiger partial charge in [-0.3, -0.25) is 9.59 Å². The van der Waals surface area contributed by atoms with E-state index in [0.29, 0.717) is 19.4 Å². The number of hydrogen-bond acceptors (Lipinski definition) is 3. The monoisotopic (exact) mass is 334 g/mol. The lowest BCUT2D eigenvalue weighted by atomic mass is 9.96. The highest BCUT2D eigenvalue weighted by Crippen LogP contribution is 2.20. The molecular formula is C19H30N2O3. The Morgan fingerprint density at radius 1 is 1.17 bits per heavy atom. The van der Waals surface area contributed by atoms with Crippen LogP contribution in [0.3, 0.4) is 0 Å². The third kappa shape index (κ3) is 6.60. The zero-order valence-electron chi connectivity index (χ0n) is 15.4. The first-order valence-corrected chi connectivity index (χ1v) is 8.49. The van der Waals surface area contributed by atoms with Crippen LogP contribution in [0.2, 0.25) is 0 Å². The molecule has 0 aliphatic rings. The summed E-state index contributed by atoms with van der Waals surface area (Å²) in [7, 11) is 1.63. The van der Waals surface area contributed by atoms with Crippen molar-refractivity contribution in [2.75, 3.05) is 13.7 Å². The average Bonchev–Trinajstić information content (AvgIpc) is 2.55. The van der Waals surface area contributed by atoms with Crippen LogP contribution in [0.1, 0.15) is 58.6 Å². The van der Waals surface area contributed by atoms with Crippen LogP contribution in [-0.4, -0.2) is 25.5 Å². The summed E-state index contributed by atoms with van der Waals surface area (Å²) in [6.07, 6.45) is 1.85.